The summed E-state index contributed by atoms with van der Waals surface area (Å²) in [5, 5.41) is 2.61. The van der Waals surface area contributed by atoms with E-state index in [1.54, 1.807) is 18.2 Å². The first-order valence-electron chi connectivity index (χ1n) is 8.03. The van der Waals surface area contributed by atoms with Crippen molar-refractivity contribution in [3.8, 4) is 5.75 Å². The molecule has 0 saturated carbocycles. The van der Waals surface area contributed by atoms with Crippen LogP contribution in [0.4, 0.5) is 0 Å². The molecule has 6 nitrogen and oxygen atoms in total. The molecule has 0 spiro atoms. The largest absolute Gasteiger partial charge is 0.492 e. The molecule has 0 aromatic heterocycles. The maximum Gasteiger partial charge on any atom is 0.339 e. The summed E-state index contributed by atoms with van der Waals surface area (Å²) in [5.41, 5.74) is 1.29. The zero-order valence-corrected chi connectivity index (χ0v) is 15.5. The Hall–Kier alpha value is -2.67. The van der Waals surface area contributed by atoms with E-state index < -0.39 is 29.3 Å². The molecule has 2 rings (SSSR count). The van der Waals surface area contributed by atoms with Crippen LogP contribution in [-0.2, 0) is 20.3 Å². The second-order valence-corrected chi connectivity index (χ2v) is 6.89. The first-order chi connectivity index (χ1) is 12.5. The lowest BCUT2D eigenvalue weighted by Gasteiger charge is -2.09. The highest BCUT2D eigenvalue weighted by Gasteiger charge is 2.15. The molecule has 1 atom stereocenters. The van der Waals surface area contributed by atoms with Crippen LogP contribution in [0.15, 0.2) is 53.4 Å². The van der Waals surface area contributed by atoms with E-state index in [0.717, 1.165) is 11.3 Å². The van der Waals surface area contributed by atoms with Gasteiger partial charge >= 0.3 is 5.97 Å². The molecule has 0 unspecified atom stereocenters. The number of hydrogen-bond donors (Lipinski definition) is 1. The Morgan fingerprint density at radius 1 is 1.12 bits per heavy atom. The van der Waals surface area contributed by atoms with Crippen LogP contribution in [0, 0.1) is 6.92 Å². The van der Waals surface area contributed by atoms with Crippen molar-refractivity contribution in [2.45, 2.75) is 11.8 Å². The molecule has 1 amide bonds. The molecular formula is C19H21NO5S. The standard InChI is InChI=1S/C19H21NO5S/c1-14-6-5-7-15(12-14)24-11-10-20-18(21)13-25-19(22)16-8-3-4-9-17(16)26(2)23/h3-9,12H,10-11,13H2,1-2H3,(H,20,21)/t26-/m1/s1. The molecule has 0 aliphatic rings. The lowest BCUT2D eigenvalue weighted by Crippen LogP contribution is -2.32. The summed E-state index contributed by atoms with van der Waals surface area (Å²) in [6.45, 7) is 2.16. The van der Waals surface area contributed by atoms with E-state index in [1.807, 2.05) is 31.2 Å². The normalized spacial score (nSPS) is 11.5. The number of benzene rings is 2. The minimum atomic E-state index is -1.32. The Morgan fingerprint density at radius 3 is 2.62 bits per heavy atom. The molecule has 0 radical (unpaired) electrons. The summed E-state index contributed by atoms with van der Waals surface area (Å²) in [6, 6.07) is 14.1. The number of hydrogen-bond acceptors (Lipinski definition) is 5. The molecule has 0 heterocycles. The van der Waals surface area contributed by atoms with Gasteiger partial charge in [0.15, 0.2) is 6.61 Å². The Bertz CT molecular complexity index is 806. The van der Waals surface area contributed by atoms with E-state index in [1.165, 1.54) is 12.3 Å². The van der Waals surface area contributed by atoms with E-state index in [9.17, 15) is 13.8 Å². The van der Waals surface area contributed by atoms with Gasteiger partial charge in [0, 0.05) is 6.26 Å². The number of esters is 1. The van der Waals surface area contributed by atoms with Crippen molar-refractivity contribution in [1.82, 2.24) is 5.32 Å². The van der Waals surface area contributed by atoms with Gasteiger partial charge < -0.3 is 14.8 Å². The smallest absolute Gasteiger partial charge is 0.339 e. The van der Waals surface area contributed by atoms with Crippen molar-refractivity contribution in [2.75, 3.05) is 26.0 Å². The van der Waals surface area contributed by atoms with Gasteiger partial charge in [-0.2, -0.15) is 0 Å². The quantitative estimate of drug-likeness (QED) is 0.564. The van der Waals surface area contributed by atoms with Crippen LogP contribution >= 0.6 is 0 Å². The van der Waals surface area contributed by atoms with Gasteiger partial charge in [0.25, 0.3) is 5.91 Å². The van der Waals surface area contributed by atoms with Crippen molar-refractivity contribution in [3.05, 3.63) is 59.7 Å². The van der Waals surface area contributed by atoms with Gasteiger partial charge in [0.2, 0.25) is 0 Å². The number of carbonyl (C=O) groups excluding carboxylic acids is 2. The third-order valence-electron chi connectivity index (χ3n) is 3.43. The maximum absolute atomic E-state index is 12.1. The average molecular weight is 375 g/mol. The molecule has 138 valence electrons. The molecule has 0 aliphatic heterocycles. The molecule has 0 aliphatic carbocycles. The van der Waals surface area contributed by atoms with Gasteiger partial charge in [0.05, 0.1) is 27.8 Å². The van der Waals surface area contributed by atoms with Crippen molar-refractivity contribution < 1.29 is 23.3 Å². The number of carbonyl (C=O) groups is 2. The van der Waals surface area contributed by atoms with Crippen LogP contribution in [0.3, 0.4) is 0 Å². The lowest BCUT2D eigenvalue weighted by atomic mass is 10.2. The fraction of sp³-hybridized carbons (Fsp3) is 0.263. The van der Waals surface area contributed by atoms with Crippen molar-refractivity contribution in [1.29, 1.82) is 0 Å². The van der Waals surface area contributed by atoms with E-state index in [0.29, 0.717) is 18.0 Å². The molecule has 1 N–H and O–H groups in total. The minimum Gasteiger partial charge on any atom is -0.492 e. The van der Waals surface area contributed by atoms with E-state index in [-0.39, 0.29) is 5.56 Å². The molecule has 2 aromatic rings. The highest BCUT2D eigenvalue weighted by atomic mass is 32.2. The fourth-order valence-electron chi connectivity index (χ4n) is 2.21. The van der Waals surface area contributed by atoms with Crippen molar-refractivity contribution in [3.63, 3.8) is 0 Å². The lowest BCUT2D eigenvalue weighted by molar-refractivity contribution is -0.124. The summed E-state index contributed by atoms with van der Waals surface area (Å²) in [5.74, 6) is -0.377. The van der Waals surface area contributed by atoms with Crippen molar-refractivity contribution in [2.24, 2.45) is 0 Å². The van der Waals surface area contributed by atoms with Crippen LogP contribution in [0.5, 0.6) is 5.75 Å². The maximum atomic E-state index is 12.1. The third kappa shape index (κ3) is 6.00. The summed E-state index contributed by atoms with van der Waals surface area (Å²) in [4.78, 5) is 24.2. The Balaban J connectivity index is 1.73. The highest BCUT2D eigenvalue weighted by molar-refractivity contribution is 7.84. The molecule has 0 bridgehead atoms. The predicted molar refractivity (Wildman–Crippen MR) is 98.7 cm³/mol. The summed E-state index contributed by atoms with van der Waals surface area (Å²) >= 11 is 0. The average Bonchev–Trinajstić information content (AvgIpc) is 2.63. The predicted octanol–water partition coefficient (Wildman–Crippen LogP) is 2.08. The van der Waals surface area contributed by atoms with E-state index in [4.69, 9.17) is 9.47 Å². The molecule has 26 heavy (non-hydrogen) atoms. The number of ether oxygens (including phenoxy) is 2. The van der Waals surface area contributed by atoms with E-state index in [2.05, 4.69) is 5.32 Å². The molecule has 0 saturated heterocycles. The number of rotatable bonds is 8. The van der Waals surface area contributed by atoms with E-state index >= 15 is 0 Å². The molecule has 7 heteroatoms. The zero-order valence-electron chi connectivity index (χ0n) is 14.7. The summed E-state index contributed by atoms with van der Waals surface area (Å²) in [7, 11) is -1.32. The molecule has 0 fully saturated rings. The van der Waals surface area contributed by atoms with Crippen LogP contribution in [-0.4, -0.2) is 42.1 Å². The van der Waals surface area contributed by atoms with Gasteiger partial charge in [-0.25, -0.2) is 4.79 Å². The molecular weight excluding hydrogens is 354 g/mol. The van der Waals surface area contributed by atoms with Crippen LogP contribution in [0.25, 0.3) is 0 Å². The number of amides is 1. The van der Waals surface area contributed by atoms with Gasteiger partial charge in [-0.15, -0.1) is 0 Å². The topological polar surface area (TPSA) is 81.7 Å². The fourth-order valence-corrected chi connectivity index (χ4v) is 2.94. The van der Waals surface area contributed by atoms with Gasteiger partial charge in [-0.3, -0.25) is 9.00 Å². The summed E-state index contributed by atoms with van der Waals surface area (Å²) in [6.07, 6.45) is 1.48. The Labute approximate surface area is 155 Å². The van der Waals surface area contributed by atoms with Gasteiger partial charge in [-0.1, -0.05) is 24.3 Å². The second-order valence-electron chi connectivity index (χ2n) is 5.54. The highest BCUT2D eigenvalue weighted by Crippen LogP contribution is 2.14. The monoisotopic (exact) mass is 375 g/mol. The number of aryl methyl sites for hydroxylation is 1. The Morgan fingerprint density at radius 2 is 1.88 bits per heavy atom. The first kappa shape index (κ1) is 19.7. The third-order valence-corrected chi connectivity index (χ3v) is 4.41. The zero-order chi connectivity index (χ0) is 18.9. The molecule has 2 aromatic carbocycles. The second kappa shape index (κ2) is 9.72. The SMILES string of the molecule is Cc1cccc(OCCNC(=O)COC(=O)c2ccccc2[S@@](C)=O)c1. The van der Waals surface area contributed by atoms with Gasteiger partial charge in [-0.05, 0) is 36.8 Å². The van der Waals surface area contributed by atoms with Crippen molar-refractivity contribution >= 4 is 22.7 Å². The Kier molecular flexibility index (Phi) is 7.35. The number of nitrogens with one attached hydrogen (secondary N) is 1. The van der Waals surface area contributed by atoms with Gasteiger partial charge in [0.1, 0.15) is 12.4 Å². The minimum absolute atomic E-state index is 0.198. The van der Waals surface area contributed by atoms with Crippen LogP contribution in [0.1, 0.15) is 15.9 Å². The van der Waals surface area contributed by atoms with Crippen LogP contribution in [0.2, 0.25) is 0 Å². The summed E-state index contributed by atoms with van der Waals surface area (Å²) < 4.78 is 22.1. The first-order valence-corrected chi connectivity index (χ1v) is 9.59. The van der Waals surface area contributed by atoms with Crippen LogP contribution < -0.4 is 10.1 Å².